The second-order valence-electron chi connectivity index (χ2n) is 8.18. The van der Waals surface area contributed by atoms with Gasteiger partial charge < -0.3 is 10.6 Å². The highest BCUT2D eigenvalue weighted by molar-refractivity contribution is 8.20. The van der Waals surface area contributed by atoms with Crippen molar-refractivity contribution in [3.05, 3.63) is 69.3 Å². The molecule has 8 heteroatoms. The number of carbonyl (C=O) groups excluding carboxylic acids is 1. The summed E-state index contributed by atoms with van der Waals surface area (Å²) in [6.45, 7) is 8.93. The van der Waals surface area contributed by atoms with Crippen molar-refractivity contribution in [2.45, 2.75) is 43.6 Å². The van der Waals surface area contributed by atoms with Crippen LogP contribution in [0.15, 0.2) is 42.5 Å². The summed E-state index contributed by atoms with van der Waals surface area (Å²) in [5, 5.41) is 17.1. The second-order valence-corrected chi connectivity index (χ2v) is 11.2. The summed E-state index contributed by atoms with van der Waals surface area (Å²) in [6, 6.07) is 12.6. The molecule has 0 aliphatic carbocycles. The Bertz CT molecular complexity index is 913. The Morgan fingerprint density at radius 1 is 1.03 bits per heavy atom. The monoisotopic (exact) mass is 459 g/mol. The zero-order valence-electron chi connectivity index (χ0n) is 18.3. The summed E-state index contributed by atoms with van der Waals surface area (Å²) >= 11 is 3.54. The van der Waals surface area contributed by atoms with Crippen molar-refractivity contribution in [3.63, 3.8) is 0 Å². The SMILES string of the molecule is CC(C)c1cccc(C(C)C)c1NC(=O)NCC1(c2ccc([N+](=O)[O-])cc2)SCCS1. The first-order valence-electron chi connectivity index (χ1n) is 10.4. The molecule has 2 amide bonds. The number of nitro benzene ring substituents is 1. The van der Waals surface area contributed by atoms with Crippen molar-refractivity contribution >= 4 is 40.9 Å². The van der Waals surface area contributed by atoms with Gasteiger partial charge in [0.2, 0.25) is 0 Å². The van der Waals surface area contributed by atoms with Crippen molar-refractivity contribution < 1.29 is 9.72 Å². The molecule has 2 N–H and O–H groups in total. The molecule has 166 valence electrons. The number of hydrogen-bond donors (Lipinski definition) is 2. The summed E-state index contributed by atoms with van der Waals surface area (Å²) in [5.41, 5.74) is 4.19. The molecule has 0 aromatic heterocycles. The third-order valence-electron chi connectivity index (χ3n) is 5.36. The maximum atomic E-state index is 12.9. The van der Waals surface area contributed by atoms with E-state index in [4.69, 9.17) is 0 Å². The molecule has 1 saturated heterocycles. The molecule has 31 heavy (non-hydrogen) atoms. The first-order chi connectivity index (χ1) is 14.7. The van der Waals surface area contributed by atoms with Crippen molar-refractivity contribution in [3.8, 4) is 0 Å². The van der Waals surface area contributed by atoms with Gasteiger partial charge in [0.15, 0.2) is 0 Å². The van der Waals surface area contributed by atoms with Gasteiger partial charge in [-0.3, -0.25) is 10.1 Å². The highest BCUT2D eigenvalue weighted by atomic mass is 32.2. The van der Waals surface area contributed by atoms with E-state index in [0.29, 0.717) is 18.4 Å². The highest BCUT2D eigenvalue weighted by Gasteiger charge is 2.38. The number of thioether (sulfide) groups is 2. The molecule has 1 aliphatic rings. The lowest BCUT2D eigenvalue weighted by molar-refractivity contribution is -0.384. The number of anilines is 1. The van der Waals surface area contributed by atoms with E-state index in [2.05, 4.69) is 50.5 Å². The quantitative estimate of drug-likeness (QED) is 0.375. The number of non-ortho nitro benzene ring substituents is 1. The van der Waals surface area contributed by atoms with E-state index in [1.807, 2.05) is 6.07 Å². The third kappa shape index (κ3) is 5.36. The van der Waals surface area contributed by atoms with Gasteiger partial charge in [-0.15, -0.1) is 23.5 Å². The van der Waals surface area contributed by atoms with E-state index in [0.717, 1.165) is 33.9 Å². The molecular weight excluding hydrogens is 430 g/mol. The van der Waals surface area contributed by atoms with Gasteiger partial charge in [0, 0.05) is 35.9 Å². The van der Waals surface area contributed by atoms with Crippen molar-refractivity contribution in [1.82, 2.24) is 5.32 Å². The third-order valence-corrected chi connectivity index (χ3v) is 8.84. The van der Waals surface area contributed by atoms with E-state index < -0.39 is 4.92 Å². The van der Waals surface area contributed by atoms with Crippen LogP contribution >= 0.6 is 23.5 Å². The molecule has 0 radical (unpaired) electrons. The van der Waals surface area contributed by atoms with Gasteiger partial charge in [0.25, 0.3) is 5.69 Å². The predicted octanol–water partition coefficient (Wildman–Crippen LogP) is 6.30. The number of benzene rings is 2. The number of nitro groups is 1. The summed E-state index contributed by atoms with van der Waals surface area (Å²) in [7, 11) is 0. The van der Waals surface area contributed by atoms with Gasteiger partial charge in [0.1, 0.15) is 4.08 Å². The number of rotatable bonds is 7. The van der Waals surface area contributed by atoms with E-state index in [1.165, 1.54) is 12.1 Å². The predicted molar refractivity (Wildman–Crippen MR) is 131 cm³/mol. The Balaban J connectivity index is 1.77. The second kappa shape index (κ2) is 9.96. The maximum absolute atomic E-state index is 12.9. The van der Waals surface area contributed by atoms with E-state index in [-0.39, 0.29) is 15.8 Å². The molecule has 2 aromatic rings. The Labute approximate surface area is 192 Å². The molecule has 0 spiro atoms. The molecule has 6 nitrogen and oxygen atoms in total. The fourth-order valence-corrected chi connectivity index (χ4v) is 6.83. The Morgan fingerprint density at radius 2 is 1.58 bits per heavy atom. The molecule has 1 fully saturated rings. The van der Waals surface area contributed by atoms with Gasteiger partial charge in [-0.05, 0) is 40.7 Å². The standard InChI is InChI=1S/C23H29N3O3S2/c1-15(2)19-6-5-7-20(16(3)4)21(19)25-22(27)24-14-23(30-12-13-31-23)17-8-10-18(11-9-17)26(28)29/h5-11,15-16H,12-14H2,1-4H3,(H2,24,25,27). The topological polar surface area (TPSA) is 84.3 Å². The van der Waals surface area contributed by atoms with Gasteiger partial charge in [-0.1, -0.05) is 45.9 Å². The van der Waals surface area contributed by atoms with Crippen LogP contribution in [-0.2, 0) is 4.08 Å². The lowest BCUT2D eigenvalue weighted by Gasteiger charge is -2.28. The van der Waals surface area contributed by atoms with Gasteiger partial charge in [0.05, 0.1) is 4.92 Å². The first kappa shape index (κ1) is 23.5. The zero-order chi connectivity index (χ0) is 22.6. The number of para-hydroxylation sites is 1. The van der Waals surface area contributed by atoms with Gasteiger partial charge in [-0.2, -0.15) is 0 Å². The van der Waals surface area contributed by atoms with Crippen LogP contribution in [0.25, 0.3) is 0 Å². The molecule has 3 rings (SSSR count). The Hall–Kier alpha value is -2.19. The van der Waals surface area contributed by atoms with Crippen LogP contribution in [-0.4, -0.2) is 29.0 Å². The zero-order valence-corrected chi connectivity index (χ0v) is 19.9. The molecule has 0 bridgehead atoms. The summed E-state index contributed by atoms with van der Waals surface area (Å²) in [5.74, 6) is 2.53. The Kier molecular flexibility index (Phi) is 7.54. The normalized spacial score (nSPS) is 15.3. The smallest absolute Gasteiger partial charge is 0.319 e. The van der Waals surface area contributed by atoms with Crippen LogP contribution in [0.3, 0.4) is 0 Å². The van der Waals surface area contributed by atoms with Crippen LogP contribution < -0.4 is 10.6 Å². The average Bonchev–Trinajstić information content (AvgIpc) is 3.22. The molecule has 2 aromatic carbocycles. The molecular formula is C23H29N3O3S2. The lowest BCUT2D eigenvalue weighted by atomic mass is 9.93. The van der Waals surface area contributed by atoms with Crippen LogP contribution in [0.5, 0.6) is 0 Å². The van der Waals surface area contributed by atoms with Crippen molar-refractivity contribution in [2.75, 3.05) is 23.4 Å². The fourth-order valence-electron chi connectivity index (χ4n) is 3.71. The van der Waals surface area contributed by atoms with E-state index in [1.54, 1.807) is 35.7 Å². The number of nitrogens with zero attached hydrogens (tertiary/aromatic N) is 1. The maximum Gasteiger partial charge on any atom is 0.319 e. The fraction of sp³-hybridized carbons (Fsp3) is 0.435. The summed E-state index contributed by atoms with van der Waals surface area (Å²) < 4.78 is -0.342. The lowest BCUT2D eigenvalue weighted by Crippen LogP contribution is -2.38. The molecule has 1 aliphatic heterocycles. The van der Waals surface area contributed by atoms with Gasteiger partial charge in [-0.25, -0.2) is 4.79 Å². The number of hydrogen-bond acceptors (Lipinski definition) is 5. The van der Waals surface area contributed by atoms with Crippen LogP contribution in [0, 0.1) is 10.1 Å². The summed E-state index contributed by atoms with van der Waals surface area (Å²) in [4.78, 5) is 23.5. The highest BCUT2D eigenvalue weighted by Crippen LogP contribution is 2.51. The Morgan fingerprint density at radius 3 is 2.06 bits per heavy atom. The summed E-state index contributed by atoms with van der Waals surface area (Å²) in [6.07, 6.45) is 0. The van der Waals surface area contributed by atoms with Crippen molar-refractivity contribution in [2.24, 2.45) is 0 Å². The van der Waals surface area contributed by atoms with Crippen molar-refractivity contribution in [1.29, 1.82) is 0 Å². The molecule has 0 unspecified atom stereocenters. The minimum atomic E-state index is -0.393. The van der Waals surface area contributed by atoms with Crippen LogP contribution in [0.1, 0.15) is 56.2 Å². The van der Waals surface area contributed by atoms with E-state index >= 15 is 0 Å². The number of carbonyl (C=O) groups is 1. The van der Waals surface area contributed by atoms with Crippen LogP contribution in [0.2, 0.25) is 0 Å². The van der Waals surface area contributed by atoms with E-state index in [9.17, 15) is 14.9 Å². The van der Waals surface area contributed by atoms with Gasteiger partial charge >= 0.3 is 6.03 Å². The molecule has 1 heterocycles. The number of urea groups is 1. The number of amides is 2. The largest absolute Gasteiger partial charge is 0.335 e. The minimum Gasteiger partial charge on any atom is -0.335 e. The van der Waals surface area contributed by atoms with Crippen LogP contribution in [0.4, 0.5) is 16.2 Å². The molecule has 0 saturated carbocycles. The molecule has 0 atom stereocenters. The first-order valence-corrected chi connectivity index (χ1v) is 12.4. The minimum absolute atomic E-state index is 0.0732. The number of nitrogens with one attached hydrogen (secondary N) is 2. The average molecular weight is 460 g/mol.